The van der Waals surface area contributed by atoms with Crippen molar-refractivity contribution in [2.45, 2.75) is 20.3 Å². The quantitative estimate of drug-likeness (QED) is 0.711. The number of fused-ring (bicyclic) bond motifs is 1. The number of pyridine rings is 1. The highest BCUT2D eigenvalue weighted by Crippen LogP contribution is 2.33. The number of aryl methyl sites for hydroxylation is 1. The monoisotopic (exact) mass is 310 g/mol. The molecule has 0 aliphatic heterocycles. The summed E-state index contributed by atoms with van der Waals surface area (Å²) in [5, 5.41) is 4.06. The number of anilines is 2. The van der Waals surface area contributed by atoms with Gasteiger partial charge in [-0.25, -0.2) is 4.79 Å². The molecule has 2 aromatic heterocycles. The van der Waals surface area contributed by atoms with Gasteiger partial charge in [-0.1, -0.05) is 19.1 Å². The lowest BCUT2D eigenvalue weighted by Gasteiger charge is -2.07. The number of aromatic nitrogens is 1. The van der Waals surface area contributed by atoms with Gasteiger partial charge in [-0.2, -0.15) is 0 Å². The zero-order chi connectivity index (χ0) is 16.2. The summed E-state index contributed by atoms with van der Waals surface area (Å²) in [6.07, 6.45) is 4.23. The van der Waals surface area contributed by atoms with Crippen LogP contribution in [0.3, 0.4) is 0 Å². The molecule has 23 heavy (non-hydrogen) atoms. The Kier molecular flexibility index (Phi) is 4.28. The maximum absolute atomic E-state index is 12.1. The largest absolute Gasteiger partial charge is 0.460 e. The number of rotatable bonds is 5. The summed E-state index contributed by atoms with van der Waals surface area (Å²) in [7, 11) is 0. The third kappa shape index (κ3) is 3.04. The smallest absolute Gasteiger partial charge is 0.376 e. The molecule has 0 radical (unpaired) electrons. The van der Waals surface area contributed by atoms with Crippen LogP contribution in [0.1, 0.15) is 30.0 Å². The Morgan fingerprint density at radius 2 is 2.00 bits per heavy atom. The molecule has 5 heteroatoms. The lowest BCUT2D eigenvalue weighted by molar-refractivity contribution is 0.0494. The molecule has 0 spiro atoms. The molecule has 2 heterocycles. The molecule has 0 saturated carbocycles. The summed E-state index contributed by atoms with van der Waals surface area (Å²) in [6, 6.07) is 9.87. The Morgan fingerprint density at radius 1 is 1.22 bits per heavy atom. The zero-order valence-corrected chi connectivity index (χ0v) is 13.1. The molecule has 0 bridgehead atoms. The van der Waals surface area contributed by atoms with Gasteiger partial charge in [0, 0.05) is 17.3 Å². The number of carbonyl (C=O) groups is 1. The molecular formula is C18H18N2O3. The maximum Gasteiger partial charge on any atom is 0.376 e. The van der Waals surface area contributed by atoms with Crippen molar-refractivity contribution in [2.24, 2.45) is 0 Å². The Hall–Kier alpha value is -2.82. The van der Waals surface area contributed by atoms with E-state index in [0.29, 0.717) is 17.9 Å². The van der Waals surface area contributed by atoms with Crippen LogP contribution in [0.25, 0.3) is 11.0 Å². The van der Waals surface area contributed by atoms with E-state index in [1.165, 1.54) is 5.56 Å². The van der Waals surface area contributed by atoms with E-state index < -0.39 is 5.97 Å². The molecule has 0 aliphatic carbocycles. The molecule has 118 valence electrons. The highest BCUT2D eigenvalue weighted by molar-refractivity contribution is 6.05. The summed E-state index contributed by atoms with van der Waals surface area (Å²) in [6.45, 7) is 4.16. The van der Waals surface area contributed by atoms with Crippen molar-refractivity contribution in [1.82, 2.24) is 4.98 Å². The van der Waals surface area contributed by atoms with Gasteiger partial charge in [0.05, 0.1) is 12.8 Å². The standard InChI is InChI=1S/C18H18N2O3/c1-3-12-5-7-13(8-6-12)20-16-14-9-10-19-11-15(14)23-17(16)18(21)22-4-2/h5-11,20H,3-4H2,1-2H3. The molecule has 3 rings (SSSR count). The van der Waals surface area contributed by atoms with Crippen LogP contribution in [0, 0.1) is 0 Å². The Bertz CT molecular complexity index is 822. The first-order valence-corrected chi connectivity index (χ1v) is 7.62. The molecule has 0 saturated heterocycles. The molecular weight excluding hydrogens is 292 g/mol. The van der Waals surface area contributed by atoms with Gasteiger partial charge in [0.2, 0.25) is 5.76 Å². The van der Waals surface area contributed by atoms with Crippen molar-refractivity contribution in [2.75, 3.05) is 11.9 Å². The number of hydrogen-bond donors (Lipinski definition) is 1. The first kappa shape index (κ1) is 15.1. The van der Waals surface area contributed by atoms with E-state index in [-0.39, 0.29) is 5.76 Å². The number of nitrogens with zero attached hydrogens (tertiary/aromatic N) is 1. The summed E-state index contributed by atoms with van der Waals surface area (Å²) in [5.41, 5.74) is 3.28. The fourth-order valence-electron chi connectivity index (χ4n) is 2.38. The topological polar surface area (TPSA) is 64.4 Å². The number of nitrogens with one attached hydrogen (secondary N) is 1. The third-order valence-electron chi connectivity index (χ3n) is 3.59. The van der Waals surface area contributed by atoms with Crippen molar-refractivity contribution in [3.8, 4) is 0 Å². The minimum atomic E-state index is -0.489. The third-order valence-corrected chi connectivity index (χ3v) is 3.59. The number of hydrogen-bond acceptors (Lipinski definition) is 5. The molecule has 3 aromatic rings. The lowest BCUT2D eigenvalue weighted by atomic mass is 10.1. The van der Waals surface area contributed by atoms with Gasteiger partial charge in [-0.15, -0.1) is 0 Å². The second kappa shape index (κ2) is 6.52. The number of benzene rings is 1. The molecule has 0 amide bonds. The summed E-state index contributed by atoms with van der Waals surface area (Å²) in [4.78, 5) is 16.2. The van der Waals surface area contributed by atoms with Gasteiger partial charge in [-0.3, -0.25) is 4.98 Å². The Morgan fingerprint density at radius 3 is 2.70 bits per heavy atom. The van der Waals surface area contributed by atoms with E-state index in [4.69, 9.17) is 9.15 Å². The van der Waals surface area contributed by atoms with Crippen LogP contribution in [-0.4, -0.2) is 17.6 Å². The molecule has 1 N–H and O–H groups in total. The van der Waals surface area contributed by atoms with Crippen molar-refractivity contribution in [3.05, 3.63) is 54.0 Å². The van der Waals surface area contributed by atoms with Crippen LogP contribution in [0.5, 0.6) is 0 Å². The van der Waals surface area contributed by atoms with E-state index in [2.05, 4.69) is 29.4 Å². The van der Waals surface area contributed by atoms with Gasteiger partial charge in [0.1, 0.15) is 5.69 Å². The highest BCUT2D eigenvalue weighted by Gasteiger charge is 2.22. The van der Waals surface area contributed by atoms with Crippen molar-refractivity contribution in [3.63, 3.8) is 0 Å². The predicted molar refractivity (Wildman–Crippen MR) is 89.1 cm³/mol. The SMILES string of the molecule is CCOC(=O)c1oc2cnccc2c1Nc1ccc(CC)cc1. The molecule has 0 unspecified atom stereocenters. The van der Waals surface area contributed by atoms with Crippen LogP contribution >= 0.6 is 0 Å². The summed E-state index contributed by atoms with van der Waals surface area (Å²) in [5.74, 6) is -0.328. The van der Waals surface area contributed by atoms with Crippen molar-refractivity contribution in [1.29, 1.82) is 0 Å². The average Bonchev–Trinajstić information content (AvgIpc) is 2.95. The van der Waals surface area contributed by atoms with E-state index in [0.717, 1.165) is 17.5 Å². The molecule has 0 fully saturated rings. The summed E-state index contributed by atoms with van der Waals surface area (Å²) < 4.78 is 10.7. The van der Waals surface area contributed by atoms with Crippen LogP contribution in [0.4, 0.5) is 11.4 Å². The lowest BCUT2D eigenvalue weighted by Crippen LogP contribution is -2.06. The Balaban J connectivity index is 2.02. The Labute approximate surface area is 134 Å². The second-order valence-corrected chi connectivity index (χ2v) is 5.07. The highest BCUT2D eigenvalue weighted by atomic mass is 16.5. The number of ether oxygens (including phenoxy) is 1. The average molecular weight is 310 g/mol. The minimum absolute atomic E-state index is 0.161. The van der Waals surface area contributed by atoms with Crippen LogP contribution in [0.2, 0.25) is 0 Å². The van der Waals surface area contributed by atoms with Crippen molar-refractivity contribution >= 4 is 28.3 Å². The normalized spacial score (nSPS) is 10.7. The molecule has 0 atom stereocenters. The zero-order valence-electron chi connectivity index (χ0n) is 13.1. The van der Waals surface area contributed by atoms with Crippen molar-refractivity contribution < 1.29 is 13.9 Å². The van der Waals surface area contributed by atoms with Crippen LogP contribution in [0.15, 0.2) is 47.1 Å². The van der Waals surface area contributed by atoms with E-state index >= 15 is 0 Å². The molecule has 1 aromatic carbocycles. The first-order chi connectivity index (χ1) is 11.2. The molecule has 5 nitrogen and oxygen atoms in total. The second-order valence-electron chi connectivity index (χ2n) is 5.07. The minimum Gasteiger partial charge on any atom is -0.460 e. The van der Waals surface area contributed by atoms with E-state index in [1.54, 1.807) is 19.3 Å². The number of esters is 1. The fourth-order valence-corrected chi connectivity index (χ4v) is 2.38. The van der Waals surface area contributed by atoms with Gasteiger partial charge in [-0.05, 0) is 37.1 Å². The summed E-state index contributed by atoms with van der Waals surface area (Å²) >= 11 is 0. The number of furan rings is 1. The maximum atomic E-state index is 12.1. The van der Waals surface area contributed by atoms with Gasteiger partial charge < -0.3 is 14.5 Å². The molecule has 0 aliphatic rings. The van der Waals surface area contributed by atoms with Gasteiger partial charge in [0.15, 0.2) is 5.58 Å². The van der Waals surface area contributed by atoms with Gasteiger partial charge >= 0.3 is 5.97 Å². The van der Waals surface area contributed by atoms with Crippen LogP contribution in [-0.2, 0) is 11.2 Å². The predicted octanol–water partition coefficient (Wildman–Crippen LogP) is 4.31. The van der Waals surface area contributed by atoms with Gasteiger partial charge in [0.25, 0.3) is 0 Å². The number of carbonyl (C=O) groups excluding carboxylic acids is 1. The van der Waals surface area contributed by atoms with E-state index in [9.17, 15) is 4.79 Å². The van der Waals surface area contributed by atoms with Crippen LogP contribution < -0.4 is 5.32 Å². The fraction of sp³-hybridized carbons (Fsp3) is 0.222. The first-order valence-electron chi connectivity index (χ1n) is 7.62. The van der Waals surface area contributed by atoms with E-state index in [1.807, 2.05) is 18.2 Å².